The fraction of sp³-hybridized carbons (Fsp3) is 0.500. The predicted molar refractivity (Wildman–Crippen MR) is 58.4 cm³/mol. The summed E-state index contributed by atoms with van der Waals surface area (Å²) in [6.07, 6.45) is 0. The van der Waals surface area contributed by atoms with E-state index in [0.29, 0.717) is 31.9 Å². The molecule has 0 aromatic heterocycles. The topological polar surface area (TPSA) is 41.5 Å². The summed E-state index contributed by atoms with van der Waals surface area (Å²) in [6.45, 7) is 2.18. The number of halogens is 2. The third-order valence-electron chi connectivity index (χ3n) is 2.97. The van der Waals surface area contributed by atoms with E-state index in [1.807, 2.05) is 0 Å². The second-order valence-corrected chi connectivity index (χ2v) is 4.50. The molecule has 1 aliphatic rings. The summed E-state index contributed by atoms with van der Waals surface area (Å²) >= 11 is 0. The maximum absolute atomic E-state index is 12.9. The van der Waals surface area contributed by atoms with E-state index in [9.17, 15) is 13.9 Å². The first-order chi connectivity index (χ1) is 8.15. The molecule has 1 saturated heterocycles. The molecule has 5 heteroatoms. The number of rotatable bonds is 5. The molecule has 1 fully saturated rings. The van der Waals surface area contributed by atoms with Gasteiger partial charge in [-0.15, -0.1) is 0 Å². The monoisotopic (exact) mass is 243 g/mol. The van der Waals surface area contributed by atoms with Gasteiger partial charge in [0.25, 0.3) is 0 Å². The molecule has 1 aliphatic heterocycles. The van der Waals surface area contributed by atoms with Crippen LogP contribution in [-0.4, -0.2) is 31.5 Å². The Labute approximate surface area is 98.4 Å². The Bertz CT molecular complexity index is 389. The summed E-state index contributed by atoms with van der Waals surface area (Å²) in [5.74, 6) is -1.68. The Morgan fingerprint density at radius 3 is 2.59 bits per heavy atom. The molecular formula is C12H15F2NO2. The highest BCUT2D eigenvalue weighted by atomic mass is 19.2. The Balaban J connectivity index is 1.83. The third kappa shape index (κ3) is 2.80. The normalized spacial score (nSPS) is 17.8. The zero-order chi connectivity index (χ0) is 12.3. The molecule has 0 amide bonds. The van der Waals surface area contributed by atoms with Gasteiger partial charge in [-0.25, -0.2) is 8.78 Å². The first-order valence-corrected chi connectivity index (χ1v) is 5.48. The van der Waals surface area contributed by atoms with Crippen LogP contribution in [0.25, 0.3) is 0 Å². The quantitative estimate of drug-likeness (QED) is 0.812. The minimum Gasteiger partial charge on any atom is -0.396 e. The average Bonchev–Trinajstić information content (AvgIpc) is 2.27. The second kappa shape index (κ2) is 5.08. The van der Waals surface area contributed by atoms with Crippen molar-refractivity contribution in [3.63, 3.8) is 0 Å². The molecule has 0 saturated carbocycles. The first-order valence-electron chi connectivity index (χ1n) is 5.48. The van der Waals surface area contributed by atoms with Crippen LogP contribution in [0.5, 0.6) is 0 Å². The van der Waals surface area contributed by atoms with E-state index in [2.05, 4.69) is 5.32 Å². The molecular weight excluding hydrogens is 228 g/mol. The molecule has 1 aromatic carbocycles. The van der Waals surface area contributed by atoms with E-state index in [1.165, 1.54) is 12.1 Å². The first kappa shape index (κ1) is 12.4. The molecule has 17 heavy (non-hydrogen) atoms. The highest BCUT2D eigenvalue weighted by Gasteiger charge is 2.37. The molecule has 0 bridgehead atoms. The van der Waals surface area contributed by atoms with E-state index >= 15 is 0 Å². The predicted octanol–water partition coefficient (Wildman–Crippen LogP) is 1.06. The van der Waals surface area contributed by atoms with Crippen LogP contribution >= 0.6 is 0 Å². The zero-order valence-corrected chi connectivity index (χ0v) is 9.38. The summed E-state index contributed by atoms with van der Waals surface area (Å²) < 4.78 is 30.7. The number of benzene rings is 1. The van der Waals surface area contributed by atoms with Gasteiger partial charge in [-0.3, -0.25) is 0 Å². The van der Waals surface area contributed by atoms with Gasteiger partial charge in [-0.2, -0.15) is 0 Å². The number of hydrogen-bond donors (Lipinski definition) is 2. The molecule has 0 unspecified atom stereocenters. The molecule has 0 radical (unpaired) electrons. The van der Waals surface area contributed by atoms with Crippen molar-refractivity contribution in [2.75, 3.05) is 26.4 Å². The van der Waals surface area contributed by atoms with Crippen LogP contribution in [0.15, 0.2) is 18.2 Å². The Morgan fingerprint density at radius 2 is 2.06 bits per heavy atom. The Hall–Kier alpha value is -1.04. The van der Waals surface area contributed by atoms with Crippen molar-refractivity contribution in [1.29, 1.82) is 0 Å². The van der Waals surface area contributed by atoms with E-state index < -0.39 is 11.6 Å². The van der Waals surface area contributed by atoms with Crippen molar-refractivity contribution >= 4 is 0 Å². The summed E-state index contributed by atoms with van der Waals surface area (Å²) in [6, 6.07) is 3.82. The summed E-state index contributed by atoms with van der Waals surface area (Å²) in [5, 5.41) is 12.3. The molecule has 1 heterocycles. The number of hydrogen-bond acceptors (Lipinski definition) is 3. The minimum absolute atomic E-state index is 0.0672. The van der Waals surface area contributed by atoms with Gasteiger partial charge in [0.15, 0.2) is 11.6 Å². The SMILES string of the molecule is OCC1(CNCc2ccc(F)c(F)c2)COC1. The van der Waals surface area contributed by atoms with Crippen LogP contribution in [0.1, 0.15) is 5.56 Å². The fourth-order valence-corrected chi connectivity index (χ4v) is 1.76. The maximum Gasteiger partial charge on any atom is 0.159 e. The third-order valence-corrected chi connectivity index (χ3v) is 2.97. The molecule has 94 valence electrons. The van der Waals surface area contributed by atoms with Crippen molar-refractivity contribution < 1.29 is 18.6 Å². The van der Waals surface area contributed by atoms with Crippen LogP contribution in [-0.2, 0) is 11.3 Å². The van der Waals surface area contributed by atoms with E-state index in [4.69, 9.17) is 4.74 Å². The average molecular weight is 243 g/mol. The fourth-order valence-electron chi connectivity index (χ4n) is 1.76. The molecule has 2 N–H and O–H groups in total. The number of aliphatic hydroxyl groups excluding tert-OH is 1. The Kier molecular flexibility index (Phi) is 3.71. The van der Waals surface area contributed by atoms with Crippen molar-refractivity contribution in [1.82, 2.24) is 5.32 Å². The molecule has 1 aromatic rings. The summed E-state index contributed by atoms with van der Waals surface area (Å²) in [5.41, 5.74) is 0.468. The molecule has 0 atom stereocenters. The lowest BCUT2D eigenvalue weighted by atomic mass is 9.87. The zero-order valence-electron chi connectivity index (χ0n) is 9.38. The van der Waals surface area contributed by atoms with Crippen molar-refractivity contribution in [3.8, 4) is 0 Å². The van der Waals surface area contributed by atoms with Crippen molar-refractivity contribution in [3.05, 3.63) is 35.4 Å². The van der Waals surface area contributed by atoms with E-state index in [1.54, 1.807) is 0 Å². The van der Waals surface area contributed by atoms with Gasteiger partial charge in [0, 0.05) is 13.1 Å². The lowest BCUT2D eigenvalue weighted by Gasteiger charge is -2.40. The van der Waals surface area contributed by atoms with Gasteiger partial charge in [-0.1, -0.05) is 6.07 Å². The van der Waals surface area contributed by atoms with Gasteiger partial charge in [-0.05, 0) is 17.7 Å². The lowest BCUT2D eigenvalue weighted by Crippen LogP contribution is -2.52. The van der Waals surface area contributed by atoms with Crippen molar-refractivity contribution in [2.24, 2.45) is 5.41 Å². The van der Waals surface area contributed by atoms with Crippen LogP contribution in [0.3, 0.4) is 0 Å². The Morgan fingerprint density at radius 1 is 1.29 bits per heavy atom. The van der Waals surface area contributed by atoms with Gasteiger partial charge < -0.3 is 15.2 Å². The van der Waals surface area contributed by atoms with Crippen LogP contribution in [0, 0.1) is 17.0 Å². The lowest BCUT2D eigenvalue weighted by molar-refractivity contribution is -0.134. The molecule has 2 rings (SSSR count). The van der Waals surface area contributed by atoms with E-state index in [-0.39, 0.29) is 12.0 Å². The summed E-state index contributed by atoms with van der Waals surface area (Å²) in [7, 11) is 0. The van der Waals surface area contributed by atoms with Crippen LogP contribution in [0.2, 0.25) is 0 Å². The number of ether oxygens (including phenoxy) is 1. The second-order valence-electron chi connectivity index (χ2n) is 4.50. The van der Waals surface area contributed by atoms with Gasteiger partial charge in [0.05, 0.1) is 25.2 Å². The largest absolute Gasteiger partial charge is 0.396 e. The smallest absolute Gasteiger partial charge is 0.159 e. The van der Waals surface area contributed by atoms with Crippen LogP contribution in [0.4, 0.5) is 8.78 Å². The highest BCUT2D eigenvalue weighted by molar-refractivity contribution is 5.17. The molecule has 3 nitrogen and oxygen atoms in total. The standard InChI is InChI=1S/C12H15F2NO2/c13-10-2-1-9(3-11(10)14)4-15-5-12(6-16)7-17-8-12/h1-3,15-16H,4-8H2. The highest BCUT2D eigenvalue weighted by Crippen LogP contribution is 2.25. The van der Waals surface area contributed by atoms with Gasteiger partial charge >= 0.3 is 0 Å². The van der Waals surface area contributed by atoms with Gasteiger partial charge in [0.2, 0.25) is 0 Å². The minimum atomic E-state index is -0.840. The summed E-state index contributed by atoms with van der Waals surface area (Å²) in [4.78, 5) is 0. The maximum atomic E-state index is 12.9. The number of nitrogens with one attached hydrogen (secondary N) is 1. The molecule has 0 spiro atoms. The van der Waals surface area contributed by atoms with Crippen LogP contribution < -0.4 is 5.32 Å². The van der Waals surface area contributed by atoms with Crippen molar-refractivity contribution in [2.45, 2.75) is 6.54 Å². The number of aliphatic hydroxyl groups is 1. The van der Waals surface area contributed by atoms with E-state index in [0.717, 1.165) is 6.07 Å². The van der Waals surface area contributed by atoms with Gasteiger partial charge in [0.1, 0.15) is 0 Å². The molecule has 0 aliphatic carbocycles.